The zero-order chi connectivity index (χ0) is 20.3. The van der Waals surface area contributed by atoms with Gasteiger partial charge in [0.05, 0.1) is 6.04 Å². The number of rotatable bonds is 5. The van der Waals surface area contributed by atoms with E-state index in [1.165, 1.54) is 5.56 Å². The summed E-state index contributed by atoms with van der Waals surface area (Å²) in [6, 6.07) is 15.7. The maximum Gasteiger partial charge on any atom is 0.318 e. The molecule has 148 valence electrons. The third kappa shape index (κ3) is 4.53. The molecule has 1 N–H and O–H groups in total. The minimum atomic E-state index is -0.182. The van der Waals surface area contributed by atoms with E-state index >= 15 is 0 Å². The van der Waals surface area contributed by atoms with E-state index in [1.807, 2.05) is 69.3 Å². The summed E-state index contributed by atoms with van der Waals surface area (Å²) in [5.41, 5.74) is 4.35. The fourth-order valence-electron chi connectivity index (χ4n) is 3.47. The molecule has 28 heavy (non-hydrogen) atoms. The number of aryl methyl sites for hydroxylation is 2. The molecule has 1 aliphatic rings. The molecule has 0 unspecified atom stereocenters. The lowest BCUT2D eigenvalue weighted by atomic mass is 10.1. The van der Waals surface area contributed by atoms with Gasteiger partial charge < -0.3 is 15.1 Å². The molecule has 0 spiro atoms. The number of amides is 3. The van der Waals surface area contributed by atoms with Crippen LogP contribution in [0.15, 0.2) is 48.5 Å². The van der Waals surface area contributed by atoms with Crippen LogP contribution >= 0.6 is 0 Å². The third-order valence-electron chi connectivity index (χ3n) is 5.33. The van der Waals surface area contributed by atoms with Crippen LogP contribution < -0.4 is 10.2 Å². The minimum absolute atomic E-state index is 0.0488. The van der Waals surface area contributed by atoms with Crippen molar-refractivity contribution in [3.05, 3.63) is 65.2 Å². The van der Waals surface area contributed by atoms with Crippen molar-refractivity contribution < 1.29 is 9.59 Å². The predicted molar refractivity (Wildman–Crippen MR) is 112 cm³/mol. The molecule has 5 nitrogen and oxygen atoms in total. The maximum absolute atomic E-state index is 12.9. The first-order valence-electron chi connectivity index (χ1n) is 9.84. The van der Waals surface area contributed by atoms with Crippen molar-refractivity contribution in [2.45, 2.75) is 52.7 Å². The summed E-state index contributed by atoms with van der Waals surface area (Å²) in [6.07, 6.45) is 0.329. The highest BCUT2D eigenvalue weighted by atomic mass is 16.2. The summed E-state index contributed by atoms with van der Waals surface area (Å²) >= 11 is 0. The largest absolute Gasteiger partial charge is 0.333 e. The van der Waals surface area contributed by atoms with Gasteiger partial charge >= 0.3 is 6.03 Å². The van der Waals surface area contributed by atoms with Gasteiger partial charge in [-0.1, -0.05) is 36.4 Å². The molecule has 0 bridgehead atoms. The Morgan fingerprint density at radius 3 is 2.50 bits per heavy atom. The monoisotopic (exact) mass is 379 g/mol. The molecule has 0 radical (unpaired) electrons. The van der Waals surface area contributed by atoms with Crippen LogP contribution in [0.3, 0.4) is 0 Å². The smallest absolute Gasteiger partial charge is 0.318 e. The van der Waals surface area contributed by atoms with E-state index in [9.17, 15) is 9.59 Å². The van der Waals surface area contributed by atoms with Crippen molar-refractivity contribution in [1.29, 1.82) is 0 Å². The Kier molecular flexibility index (Phi) is 6.02. The van der Waals surface area contributed by atoms with Gasteiger partial charge in [-0.2, -0.15) is 0 Å². The fourth-order valence-corrected chi connectivity index (χ4v) is 3.47. The lowest BCUT2D eigenvalue weighted by molar-refractivity contribution is -0.117. The lowest BCUT2D eigenvalue weighted by Gasteiger charge is -2.28. The molecule has 1 heterocycles. The first kappa shape index (κ1) is 19.9. The standard InChI is InChI=1S/C23H29N3O2/c1-16(2)25(14-19-8-6-5-7-9-19)23(28)24-20-13-22(27)26(15-20)21-11-10-17(3)18(4)12-21/h5-12,16,20H,13-15H2,1-4H3,(H,24,28)/t20-/m1/s1. The average Bonchev–Trinajstić information content (AvgIpc) is 3.02. The number of carbonyl (C=O) groups is 2. The van der Waals surface area contributed by atoms with Crippen molar-refractivity contribution in [3.63, 3.8) is 0 Å². The third-order valence-corrected chi connectivity index (χ3v) is 5.33. The van der Waals surface area contributed by atoms with Crippen molar-refractivity contribution in [1.82, 2.24) is 10.2 Å². The number of urea groups is 1. The SMILES string of the molecule is Cc1ccc(N2C[C@H](NC(=O)N(Cc3ccccc3)C(C)C)CC2=O)cc1C. The topological polar surface area (TPSA) is 52.7 Å². The van der Waals surface area contributed by atoms with Gasteiger partial charge in [0, 0.05) is 31.2 Å². The summed E-state index contributed by atoms with van der Waals surface area (Å²) in [5, 5.41) is 3.06. The second-order valence-electron chi connectivity index (χ2n) is 7.83. The summed E-state index contributed by atoms with van der Waals surface area (Å²) in [5.74, 6) is 0.0488. The van der Waals surface area contributed by atoms with Gasteiger partial charge in [-0.25, -0.2) is 4.79 Å². The molecular formula is C23H29N3O2. The van der Waals surface area contributed by atoms with Crippen LogP contribution in [0.1, 0.15) is 37.0 Å². The lowest BCUT2D eigenvalue weighted by Crippen LogP contribution is -2.48. The van der Waals surface area contributed by atoms with E-state index in [4.69, 9.17) is 0 Å². The van der Waals surface area contributed by atoms with Crippen LogP contribution in [-0.2, 0) is 11.3 Å². The molecule has 0 saturated carbocycles. The highest BCUT2D eigenvalue weighted by Gasteiger charge is 2.33. The van der Waals surface area contributed by atoms with Crippen molar-refractivity contribution in [3.8, 4) is 0 Å². The van der Waals surface area contributed by atoms with Crippen LogP contribution in [0.5, 0.6) is 0 Å². The van der Waals surface area contributed by atoms with Gasteiger partial charge in [-0.15, -0.1) is 0 Å². The number of hydrogen-bond acceptors (Lipinski definition) is 2. The van der Waals surface area contributed by atoms with E-state index < -0.39 is 0 Å². The Morgan fingerprint density at radius 1 is 1.14 bits per heavy atom. The first-order valence-corrected chi connectivity index (χ1v) is 9.84. The highest BCUT2D eigenvalue weighted by molar-refractivity contribution is 5.97. The number of carbonyl (C=O) groups excluding carboxylic acids is 2. The molecule has 0 aromatic heterocycles. The Labute approximate surface area is 167 Å². The summed E-state index contributed by atoms with van der Waals surface area (Å²) in [6.45, 7) is 9.16. The van der Waals surface area contributed by atoms with Crippen LogP contribution in [0.2, 0.25) is 0 Å². The van der Waals surface area contributed by atoms with E-state index in [1.54, 1.807) is 9.80 Å². The summed E-state index contributed by atoms with van der Waals surface area (Å²) in [7, 11) is 0. The van der Waals surface area contributed by atoms with Crippen molar-refractivity contribution in [2.24, 2.45) is 0 Å². The predicted octanol–water partition coefficient (Wildman–Crippen LogP) is 4.03. The normalized spacial score (nSPS) is 16.5. The van der Waals surface area contributed by atoms with E-state index in [2.05, 4.69) is 12.2 Å². The Bertz CT molecular complexity index is 848. The molecule has 5 heteroatoms. The second kappa shape index (κ2) is 8.46. The number of nitrogens with zero attached hydrogens (tertiary/aromatic N) is 2. The molecule has 3 rings (SSSR count). The van der Waals surface area contributed by atoms with E-state index in [-0.39, 0.29) is 24.0 Å². The van der Waals surface area contributed by atoms with Gasteiger partial charge in [-0.3, -0.25) is 4.79 Å². The Hall–Kier alpha value is -2.82. The van der Waals surface area contributed by atoms with Crippen LogP contribution in [-0.4, -0.2) is 35.5 Å². The highest BCUT2D eigenvalue weighted by Crippen LogP contribution is 2.24. The van der Waals surface area contributed by atoms with Crippen molar-refractivity contribution >= 4 is 17.6 Å². The van der Waals surface area contributed by atoms with Gasteiger partial charge in [0.2, 0.25) is 5.91 Å². The molecule has 1 aliphatic heterocycles. The van der Waals surface area contributed by atoms with E-state index in [0.29, 0.717) is 19.5 Å². The summed E-state index contributed by atoms with van der Waals surface area (Å²) < 4.78 is 0. The number of anilines is 1. The summed E-state index contributed by atoms with van der Waals surface area (Å²) in [4.78, 5) is 29.0. The average molecular weight is 380 g/mol. The fraction of sp³-hybridized carbons (Fsp3) is 0.391. The van der Waals surface area contributed by atoms with Crippen LogP contribution in [0, 0.1) is 13.8 Å². The van der Waals surface area contributed by atoms with Gasteiger partial charge in [0.1, 0.15) is 0 Å². The molecule has 1 saturated heterocycles. The molecule has 2 aromatic carbocycles. The van der Waals surface area contributed by atoms with E-state index in [0.717, 1.165) is 16.8 Å². The van der Waals surface area contributed by atoms with Gasteiger partial charge in [0.25, 0.3) is 0 Å². The number of benzene rings is 2. The maximum atomic E-state index is 12.9. The van der Waals surface area contributed by atoms with Gasteiger partial charge in [-0.05, 0) is 56.5 Å². The van der Waals surface area contributed by atoms with Gasteiger partial charge in [0.15, 0.2) is 0 Å². The molecule has 2 aromatic rings. The molecule has 1 fully saturated rings. The molecule has 0 aliphatic carbocycles. The zero-order valence-electron chi connectivity index (χ0n) is 17.1. The Balaban J connectivity index is 1.66. The minimum Gasteiger partial charge on any atom is -0.333 e. The number of nitrogens with one attached hydrogen (secondary N) is 1. The quantitative estimate of drug-likeness (QED) is 0.853. The molecular weight excluding hydrogens is 350 g/mol. The number of hydrogen-bond donors (Lipinski definition) is 1. The molecule has 1 atom stereocenters. The zero-order valence-corrected chi connectivity index (χ0v) is 17.1. The van der Waals surface area contributed by atoms with Crippen LogP contribution in [0.25, 0.3) is 0 Å². The first-order chi connectivity index (χ1) is 13.3. The Morgan fingerprint density at radius 2 is 1.86 bits per heavy atom. The van der Waals surface area contributed by atoms with Crippen LogP contribution in [0.4, 0.5) is 10.5 Å². The molecule has 3 amide bonds. The van der Waals surface area contributed by atoms with Crippen molar-refractivity contribution in [2.75, 3.05) is 11.4 Å². The second-order valence-corrected chi connectivity index (χ2v) is 7.83.